The number of fused-ring (bicyclic) bond motifs is 3. The number of hydrogen-bond acceptors (Lipinski definition) is 19. The predicted octanol–water partition coefficient (Wildman–Crippen LogP) is 2.24. The van der Waals surface area contributed by atoms with Gasteiger partial charge in [0, 0.05) is 60.8 Å². The molecule has 19 nitrogen and oxygen atoms in total. The molecule has 0 bridgehead atoms. The molecule has 5 fully saturated rings. The van der Waals surface area contributed by atoms with Gasteiger partial charge in [0.15, 0.2) is 36.7 Å². The van der Waals surface area contributed by atoms with Crippen LogP contribution in [0.15, 0.2) is 35.9 Å². The topological polar surface area (TPSA) is 268 Å². The highest BCUT2D eigenvalue weighted by Gasteiger charge is 2.48. The third-order valence-electron chi connectivity index (χ3n) is 14.3. The van der Waals surface area contributed by atoms with Crippen molar-refractivity contribution in [1.82, 2.24) is 0 Å². The van der Waals surface area contributed by atoms with Crippen molar-refractivity contribution in [2.24, 2.45) is 0 Å². The lowest BCUT2D eigenvalue weighted by molar-refractivity contribution is -0.336. The van der Waals surface area contributed by atoms with Gasteiger partial charge in [-0.05, 0) is 71.2 Å². The second kappa shape index (κ2) is 20.0. The Bertz CT molecular complexity index is 2180. The molecule has 0 saturated carbocycles. The van der Waals surface area contributed by atoms with E-state index < -0.39 is 135 Å². The Morgan fingerprint density at radius 1 is 0.574 bits per heavy atom. The fraction of sp³-hybridized carbons (Fsp3) is 0.673. The lowest BCUT2D eigenvalue weighted by Crippen LogP contribution is -2.56. The average molecular weight is 957 g/mol. The van der Waals surface area contributed by atoms with Gasteiger partial charge in [0.05, 0.1) is 72.7 Å². The molecular formula is C49H64O19. The summed E-state index contributed by atoms with van der Waals surface area (Å²) in [4.78, 5) is 28.2. The maximum Gasteiger partial charge on any atom is 0.202 e. The number of carbonyl (C=O) groups excluding carboxylic acids is 2. The van der Waals surface area contributed by atoms with Gasteiger partial charge in [0.25, 0.3) is 0 Å². The van der Waals surface area contributed by atoms with E-state index in [9.17, 15) is 45.3 Å². The first kappa shape index (κ1) is 49.5. The van der Waals surface area contributed by atoms with E-state index in [4.69, 9.17) is 47.4 Å². The van der Waals surface area contributed by atoms with E-state index in [1.54, 1.807) is 46.8 Å². The standard InChI is InChI=1S/C49H64O19/c1-19-12-25-14-28(51)42-43(40(25)27(50)13-19)46(57)26-8-7-9-33(41(26)47(42)58)65-37-17-31(54)49(24(6)63-37)68-39-18-34(45(56)22(4)61-39)66-35-11-10-32(20(2)59-35)64-36-16-30(53)48(23(5)62-36)67-38-15-29(52)44(55)21(3)60-38/h7-9,12-13,20-24,28-32,34-39,44-45,48-56H,10-11,14-18H2,1-6H3. The molecule has 19 heteroatoms. The summed E-state index contributed by atoms with van der Waals surface area (Å²) in [6, 6.07) is 7.88. The van der Waals surface area contributed by atoms with E-state index >= 15 is 0 Å². The van der Waals surface area contributed by atoms with Crippen LogP contribution in [0.25, 0.3) is 5.57 Å². The number of aryl methyl sites for hydroxylation is 1. The maximum absolute atomic E-state index is 14.1. The number of rotatable bonds is 10. The number of aromatic hydroxyl groups is 1. The number of benzene rings is 2. The molecule has 5 saturated heterocycles. The number of hydrogen-bond donors (Lipinski definition) is 7. The fourth-order valence-corrected chi connectivity index (χ4v) is 10.8. The number of ether oxygens (including phenoxy) is 10. The Morgan fingerprint density at radius 2 is 1.15 bits per heavy atom. The van der Waals surface area contributed by atoms with Crippen molar-refractivity contribution in [3.8, 4) is 11.5 Å². The molecule has 0 radical (unpaired) electrons. The Balaban J connectivity index is 0.769. The first-order valence-electron chi connectivity index (χ1n) is 23.8. The van der Waals surface area contributed by atoms with E-state index in [-0.39, 0.29) is 71.4 Å². The summed E-state index contributed by atoms with van der Waals surface area (Å²) in [5.74, 6) is -1.24. The quantitative estimate of drug-likeness (QED) is 0.180. The molecule has 0 amide bonds. The van der Waals surface area contributed by atoms with Crippen LogP contribution in [0, 0.1) is 6.92 Å². The van der Waals surface area contributed by atoms with Crippen LogP contribution in [0.2, 0.25) is 0 Å². The van der Waals surface area contributed by atoms with Gasteiger partial charge in [-0.3, -0.25) is 9.59 Å². The molecule has 374 valence electrons. The molecule has 2 aromatic rings. The zero-order valence-corrected chi connectivity index (χ0v) is 38.9. The normalized spacial score (nSPS) is 42.0. The van der Waals surface area contributed by atoms with Crippen LogP contribution in [0.3, 0.4) is 0 Å². The van der Waals surface area contributed by atoms with E-state index in [0.29, 0.717) is 18.4 Å². The monoisotopic (exact) mass is 956 g/mol. The number of aliphatic hydroxyl groups is 6. The van der Waals surface area contributed by atoms with E-state index in [1.807, 2.05) is 6.92 Å². The largest absolute Gasteiger partial charge is 0.507 e. The molecule has 20 atom stereocenters. The number of aliphatic hydroxyl groups excluding tert-OH is 6. The molecule has 20 unspecified atom stereocenters. The van der Waals surface area contributed by atoms with Crippen molar-refractivity contribution in [3.05, 3.63) is 63.7 Å². The van der Waals surface area contributed by atoms with E-state index in [0.717, 1.165) is 5.56 Å². The van der Waals surface area contributed by atoms with Crippen LogP contribution in [-0.2, 0) is 49.1 Å². The highest BCUT2D eigenvalue weighted by atomic mass is 16.8. The molecule has 7 aliphatic rings. The summed E-state index contributed by atoms with van der Waals surface area (Å²) in [6.45, 7) is 10.4. The summed E-state index contributed by atoms with van der Waals surface area (Å²) in [5, 5.41) is 75.8. The Labute approximate surface area is 393 Å². The average Bonchev–Trinajstić information content (AvgIpc) is 3.26. The molecule has 7 N–H and O–H groups in total. The van der Waals surface area contributed by atoms with E-state index in [2.05, 4.69) is 0 Å². The summed E-state index contributed by atoms with van der Waals surface area (Å²) in [6.07, 6.45) is -15.3. The smallest absolute Gasteiger partial charge is 0.202 e. The number of allylic oxidation sites excluding steroid dienone is 1. The number of carbonyl (C=O) groups is 2. The molecule has 5 aliphatic heterocycles. The predicted molar refractivity (Wildman–Crippen MR) is 234 cm³/mol. The van der Waals surface area contributed by atoms with Crippen LogP contribution >= 0.6 is 0 Å². The molecular weight excluding hydrogens is 893 g/mol. The first-order chi connectivity index (χ1) is 32.3. The van der Waals surface area contributed by atoms with Crippen LogP contribution in [0.4, 0.5) is 0 Å². The van der Waals surface area contributed by atoms with Gasteiger partial charge in [-0.25, -0.2) is 0 Å². The third-order valence-corrected chi connectivity index (χ3v) is 14.3. The minimum atomic E-state index is -1.29. The number of phenolic OH excluding ortho intramolecular Hbond substituents is 1. The molecule has 5 heterocycles. The van der Waals surface area contributed by atoms with E-state index in [1.165, 1.54) is 18.2 Å². The minimum absolute atomic E-state index is 0.0278. The first-order valence-corrected chi connectivity index (χ1v) is 23.8. The number of ketones is 2. The maximum atomic E-state index is 14.1. The van der Waals surface area contributed by atoms with Gasteiger partial charge < -0.3 is 83.1 Å². The van der Waals surface area contributed by atoms with Crippen molar-refractivity contribution < 1.29 is 92.7 Å². The SMILES string of the molecule is Cc1cc(O)c2c(c1)CC(O)C1=C2C(=O)c2cccc(OC3CC(O)C(OC4CC(OC5CCC(OC6CC(O)C(OC7CC(O)C(O)C(C)O7)C(C)O6)C(C)O5)C(O)C(C)O4)C(C)O3)c2C1=O. The van der Waals surface area contributed by atoms with Crippen molar-refractivity contribution in [3.63, 3.8) is 0 Å². The lowest BCUT2D eigenvalue weighted by Gasteiger charge is -2.45. The van der Waals surface area contributed by atoms with Gasteiger partial charge in [-0.15, -0.1) is 0 Å². The fourth-order valence-electron chi connectivity index (χ4n) is 10.8. The second-order valence-electron chi connectivity index (χ2n) is 19.4. The molecule has 2 aromatic carbocycles. The molecule has 0 aromatic heterocycles. The van der Waals surface area contributed by atoms with Gasteiger partial charge in [0.1, 0.15) is 35.9 Å². The lowest BCUT2D eigenvalue weighted by atomic mass is 9.73. The van der Waals surface area contributed by atoms with Crippen molar-refractivity contribution in [2.45, 2.75) is 209 Å². The zero-order chi connectivity index (χ0) is 48.5. The summed E-state index contributed by atoms with van der Waals surface area (Å²) in [5.41, 5.74) is 1.44. The number of Topliss-reactive ketones (excluding diaryl/α,β-unsaturated/α-hetero) is 2. The zero-order valence-electron chi connectivity index (χ0n) is 38.9. The highest BCUT2D eigenvalue weighted by molar-refractivity contribution is 6.42. The summed E-state index contributed by atoms with van der Waals surface area (Å²) in [7, 11) is 0. The van der Waals surface area contributed by atoms with Crippen LogP contribution in [0.1, 0.15) is 111 Å². The summed E-state index contributed by atoms with van der Waals surface area (Å²) < 4.78 is 61.3. The van der Waals surface area contributed by atoms with Gasteiger partial charge >= 0.3 is 0 Å². The highest BCUT2D eigenvalue weighted by Crippen LogP contribution is 2.46. The van der Waals surface area contributed by atoms with Crippen molar-refractivity contribution >= 4 is 17.1 Å². The molecule has 2 aliphatic carbocycles. The number of phenols is 1. The Hall–Kier alpha value is -3.48. The van der Waals surface area contributed by atoms with Crippen LogP contribution in [-0.4, -0.2) is 170 Å². The third kappa shape index (κ3) is 9.78. The second-order valence-corrected chi connectivity index (χ2v) is 19.4. The van der Waals surface area contributed by atoms with Gasteiger partial charge in [-0.1, -0.05) is 18.2 Å². The molecule has 68 heavy (non-hydrogen) atoms. The minimum Gasteiger partial charge on any atom is -0.507 e. The van der Waals surface area contributed by atoms with Gasteiger partial charge in [-0.2, -0.15) is 0 Å². The molecule has 0 spiro atoms. The van der Waals surface area contributed by atoms with Crippen LogP contribution < -0.4 is 4.74 Å². The van der Waals surface area contributed by atoms with Crippen LogP contribution in [0.5, 0.6) is 11.5 Å². The Kier molecular flexibility index (Phi) is 14.5. The molecule has 9 rings (SSSR count). The van der Waals surface area contributed by atoms with Crippen molar-refractivity contribution in [2.75, 3.05) is 0 Å². The van der Waals surface area contributed by atoms with Gasteiger partial charge in [0.2, 0.25) is 6.29 Å². The van der Waals surface area contributed by atoms with Crippen molar-refractivity contribution in [1.29, 1.82) is 0 Å². The summed E-state index contributed by atoms with van der Waals surface area (Å²) >= 11 is 0. The Morgan fingerprint density at radius 3 is 1.81 bits per heavy atom.